The number of halogens is 1. The number of tetrazole rings is 1. The van der Waals surface area contributed by atoms with E-state index in [9.17, 15) is 4.79 Å². The van der Waals surface area contributed by atoms with Gasteiger partial charge in [0.1, 0.15) is 5.82 Å². The Hall–Kier alpha value is -5.93. The summed E-state index contributed by atoms with van der Waals surface area (Å²) in [6.07, 6.45) is 1.32. The molecule has 0 bridgehead atoms. The van der Waals surface area contributed by atoms with Gasteiger partial charge in [0.25, 0.3) is 0 Å². The Morgan fingerprint density at radius 2 is 1.37 bits per heavy atom. The van der Waals surface area contributed by atoms with Crippen molar-refractivity contribution < 1.29 is 13.9 Å². The van der Waals surface area contributed by atoms with Crippen molar-refractivity contribution in [2.24, 2.45) is 5.92 Å². The molecule has 1 N–H and O–H groups in total. The van der Waals surface area contributed by atoms with Crippen LogP contribution in [0.25, 0.3) is 22.5 Å². The first-order chi connectivity index (χ1) is 26.4. The summed E-state index contributed by atoms with van der Waals surface area (Å²) in [5, 5.41) is 16.5. The van der Waals surface area contributed by atoms with Crippen LogP contribution in [0.2, 0.25) is 0 Å². The average molecular weight is 721 g/mol. The molecular weight excluding hydrogens is 676 g/mol. The van der Waals surface area contributed by atoms with E-state index in [1.807, 2.05) is 91.9 Å². The summed E-state index contributed by atoms with van der Waals surface area (Å²) in [5.41, 5.74) is 9.41. The highest BCUT2D eigenvalue weighted by atomic mass is 19.1. The van der Waals surface area contributed by atoms with Gasteiger partial charge in [0, 0.05) is 23.4 Å². The van der Waals surface area contributed by atoms with E-state index >= 15 is 4.39 Å². The predicted octanol–water partition coefficient (Wildman–Crippen LogP) is 8.60. The van der Waals surface area contributed by atoms with E-state index in [1.54, 1.807) is 16.9 Å². The second kappa shape index (κ2) is 16.0. The fourth-order valence-corrected chi connectivity index (χ4v) is 7.58. The van der Waals surface area contributed by atoms with E-state index in [2.05, 4.69) is 72.7 Å². The maximum absolute atomic E-state index is 16.4. The summed E-state index contributed by atoms with van der Waals surface area (Å²) in [4.78, 5) is 14.9. The topological polar surface area (TPSA) is 85.2 Å². The first-order valence-corrected chi connectivity index (χ1v) is 18.7. The SMILES string of the molecule is CCCN1NC(C(C)C)=C(C(=O)OCC)C1Cc1ccc(-c2ccccc2-c2nnn(C(c3ccccc3)(c3ccccc3)c3ccccc3)n2)c(F)c1. The Morgan fingerprint density at radius 1 is 0.796 bits per heavy atom. The van der Waals surface area contributed by atoms with Crippen molar-refractivity contribution in [2.75, 3.05) is 13.2 Å². The van der Waals surface area contributed by atoms with Crippen LogP contribution in [0.15, 0.2) is 145 Å². The smallest absolute Gasteiger partial charge is 0.337 e. The number of hydrogen-bond acceptors (Lipinski definition) is 7. The first kappa shape index (κ1) is 36.4. The van der Waals surface area contributed by atoms with E-state index in [-0.39, 0.29) is 30.4 Å². The van der Waals surface area contributed by atoms with Gasteiger partial charge in [-0.25, -0.2) is 14.2 Å². The van der Waals surface area contributed by atoms with Crippen molar-refractivity contribution in [3.8, 4) is 22.5 Å². The minimum Gasteiger partial charge on any atom is -0.463 e. The van der Waals surface area contributed by atoms with Gasteiger partial charge < -0.3 is 10.2 Å². The molecule has 0 saturated heterocycles. The van der Waals surface area contributed by atoms with Crippen LogP contribution >= 0.6 is 0 Å². The van der Waals surface area contributed by atoms with E-state index in [0.29, 0.717) is 34.5 Å². The van der Waals surface area contributed by atoms with Gasteiger partial charge in [-0.05, 0) is 64.8 Å². The van der Waals surface area contributed by atoms with Crippen LogP contribution in [0.3, 0.4) is 0 Å². The molecule has 8 nitrogen and oxygen atoms in total. The lowest BCUT2D eigenvalue weighted by molar-refractivity contribution is -0.139. The molecule has 6 aromatic rings. The van der Waals surface area contributed by atoms with Crippen molar-refractivity contribution in [3.05, 3.63) is 173 Å². The molecule has 7 rings (SSSR count). The number of allylic oxidation sites excluding steroid dienone is 1. The number of carbonyl (C=O) groups is 1. The number of hydrogen-bond donors (Lipinski definition) is 1. The molecule has 0 radical (unpaired) electrons. The molecule has 2 heterocycles. The van der Waals surface area contributed by atoms with E-state index in [0.717, 1.165) is 40.9 Å². The number of esters is 1. The third-order valence-electron chi connectivity index (χ3n) is 10.0. The van der Waals surface area contributed by atoms with Gasteiger partial charge in [-0.15, -0.1) is 15.0 Å². The largest absolute Gasteiger partial charge is 0.463 e. The highest BCUT2D eigenvalue weighted by Gasteiger charge is 2.42. The van der Waals surface area contributed by atoms with E-state index in [4.69, 9.17) is 15.0 Å². The normalized spacial score (nSPS) is 14.7. The molecular formula is C45H45FN6O2. The number of benzene rings is 5. The second-order valence-electron chi connectivity index (χ2n) is 13.8. The fourth-order valence-electron chi connectivity index (χ4n) is 7.58. The summed E-state index contributed by atoms with van der Waals surface area (Å²) in [6.45, 7) is 9.02. The molecule has 1 atom stereocenters. The van der Waals surface area contributed by atoms with Gasteiger partial charge in [-0.1, -0.05) is 148 Å². The summed E-state index contributed by atoms with van der Waals surface area (Å²) in [7, 11) is 0. The zero-order valence-corrected chi connectivity index (χ0v) is 31.1. The van der Waals surface area contributed by atoms with Gasteiger partial charge in [0.2, 0.25) is 5.82 Å². The molecule has 1 aliphatic rings. The first-order valence-electron chi connectivity index (χ1n) is 18.7. The number of ether oxygens (including phenoxy) is 1. The number of carbonyl (C=O) groups excluding carboxylic acids is 1. The molecule has 5 aromatic carbocycles. The number of aromatic nitrogens is 4. The lowest BCUT2D eigenvalue weighted by Crippen LogP contribution is -2.42. The average Bonchev–Trinajstić information content (AvgIpc) is 3.83. The quantitative estimate of drug-likeness (QED) is 0.0945. The van der Waals surface area contributed by atoms with Gasteiger partial charge in [0.15, 0.2) is 5.54 Å². The van der Waals surface area contributed by atoms with Crippen molar-refractivity contribution in [1.82, 2.24) is 30.6 Å². The van der Waals surface area contributed by atoms with Gasteiger partial charge in [-0.3, -0.25) is 0 Å². The highest BCUT2D eigenvalue weighted by Crippen LogP contribution is 2.41. The number of hydrazine groups is 1. The Balaban J connectivity index is 1.28. The Bertz CT molecular complexity index is 2140. The molecule has 1 aliphatic heterocycles. The van der Waals surface area contributed by atoms with Crippen LogP contribution in [0, 0.1) is 11.7 Å². The summed E-state index contributed by atoms with van der Waals surface area (Å²) in [6, 6.07) is 43.1. The van der Waals surface area contributed by atoms with Crippen molar-refractivity contribution in [3.63, 3.8) is 0 Å². The van der Waals surface area contributed by atoms with Gasteiger partial charge >= 0.3 is 5.97 Å². The standard InChI is InChI=1S/C45H45FN6O2/c1-5-28-51-40(41(44(53)54-6-2)42(48-51)31(3)4)30-32-26-27-37(39(46)29-32)36-24-16-17-25-38(36)43-47-50-52(49-43)45(33-18-10-7-11-19-33,34-20-12-8-13-21-34)35-22-14-9-15-23-35/h7-27,29,31,40,48H,5-6,28,30H2,1-4H3. The van der Waals surface area contributed by atoms with Crippen molar-refractivity contribution >= 4 is 5.97 Å². The Kier molecular flexibility index (Phi) is 10.8. The van der Waals surface area contributed by atoms with Crippen LogP contribution in [-0.4, -0.2) is 50.4 Å². The summed E-state index contributed by atoms with van der Waals surface area (Å²) >= 11 is 0. The molecule has 0 amide bonds. The molecule has 0 aliphatic carbocycles. The van der Waals surface area contributed by atoms with Gasteiger partial charge in [-0.2, -0.15) is 0 Å². The third kappa shape index (κ3) is 6.83. The maximum Gasteiger partial charge on any atom is 0.337 e. The van der Waals surface area contributed by atoms with E-state index in [1.165, 1.54) is 0 Å². The molecule has 9 heteroatoms. The minimum absolute atomic E-state index is 0.0918. The monoisotopic (exact) mass is 720 g/mol. The van der Waals surface area contributed by atoms with Crippen LogP contribution in [0.1, 0.15) is 56.4 Å². The number of nitrogens with one attached hydrogen (secondary N) is 1. The zero-order valence-electron chi connectivity index (χ0n) is 31.1. The van der Waals surface area contributed by atoms with Crippen LogP contribution < -0.4 is 5.43 Å². The van der Waals surface area contributed by atoms with Crippen LogP contribution in [-0.2, 0) is 21.5 Å². The second-order valence-corrected chi connectivity index (χ2v) is 13.8. The van der Waals surface area contributed by atoms with E-state index < -0.39 is 5.54 Å². The highest BCUT2D eigenvalue weighted by molar-refractivity contribution is 5.91. The molecule has 54 heavy (non-hydrogen) atoms. The van der Waals surface area contributed by atoms with Crippen LogP contribution in [0.4, 0.5) is 4.39 Å². The third-order valence-corrected chi connectivity index (χ3v) is 10.0. The molecule has 1 unspecified atom stereocenters. The lowest BCUT2D eigenvalue weighted by Gasteiger charge is -2.34. The fraction of sp³-hybridized carbons (Fsp3) is 0.244. The Morgan fingerprint density at radius 3 is 1.91 bits per heavy atom. The molecule has 274 valence electrons. The summed E-state index contributed by atoms with van der Waals surface area (Å²) < 4.78 is 21.9. The van der Waals surface area contributed by atoms with Gasteiger partial charge in [0.05, 0.1) is 18.2 Å². The minimum atomic E-state index is -0.941. The maximum atomic E-state index is 16.4. The molecule has 0 fully saturated rings. The zero-order chi connectivity index (χ0) is 37.7. The molecule has 0 saturated carbocycles. The number of nitrogens with zero attached hydrogens (tertiary/aromatic N) is 5. The predicted molar refractivity (Wildman–Crippen MR) is 209 cm³/mol. The molecule has 1 aromatic heterocycles. The Labute approximate surface area is 316 Å². The summed E-state index contributed by atoms with van der Waals surface area (Å²) in [5.74, 6) is -0.244. The van der Waals surface area contributed by atoms with Crippen LogP contribution in [0.5, 0.6) is 0 Å². The van der Waals surface area contributed by atoms with Crippen molar-refractivity contribution in [1.29, 1.82) is 0 Å². The molecule has 0 spiro atoms. The van der Waals surface area contributed by atoms with Crippen molar-refractivity contribution in [2.45, 2.75) is 52.1 Å². The lowest BCUT2D eigenvalue weighted by atomic mass is 9.77. The number of rotatable bonds is 13.